The Kier molecular flexibility index (Phi) is 6.30. The van der Waals surface area contributed by atoms with Gasteiger partial charge in [0.05, 0.1) is 18.8 Å². The molecule has 2 amide bonds. The summed E-state index contributed by atoms with van der Waals surface area (Å²) in [5.74, 6) is -0.681. The fourth-order valence-electron chi connectivity index (χ4n) is 2.61. The number of halogens is 1. The van der Waals surface area contributed by atoms with Crippen LogP contribution < -0.4 is 16.4 Å². The third kappa shape index (κ3) is 4.31. The molecule has 1 aliphatic carbocycles. The van der Waals surface area contributed by atoms with E-state index in [4.69, 9.17) is 5.73 Å². The van der Waals surface area contributed by atoms with E-state index < -0.39 is 0 Å². The average Bonchev–Trinajstić information content (AvgIpc) is 3.20. The molecular formula is C16H19ClN4O2S. The van der Waals surface area contributed by atoms with Crippen LogP contribution in [-0.4, -0.2) is 29.9 Å². The minimum atomic E-state index is -0.363. The largest absolute Gasteiger partial charge is 0.346 e. The van der Waals surface area contributed by atoms with Crippen molar-refractivity contribution in [3.63, 3.8) is 0 Å². The number of nitrogens with zero attached hydrogens (tertiary/aromatic N) is 1. The number of aromatic nitrogens is 1. The van der Waals surface area contributed by atoms with Gasteiger partial charge in [0.2, 0.25) is 11.8 Å². The van der Waals surface area contributed by atoms with Gasteiger partial charge in [-0.1, -0.05) is 12.1 Å². The topological polar surface area (TPSA) is 97.1 Å². The molecule has 4 N–H and O–H groups in total. The molecule has 0 saturated heterocycles. The van der Waals surface area contributed by atoms with Crippen LogP contribution in [0.25, 0.3) is 11.3 Å². The van der Waals surface area contributed by atoms with Crippen molar-refractivity contribution in [2.45, 2.75) is 19.3 Å². The van der Waals surface area contributed by atoms with Crippen LogP contribution in [0.4, 0.5) is 5.13 Å². The van der Waals surface area contributed by atoms with Crippen molar-refractivity contribution in [2.75, 3.05) is 18.4 Å². The molecule has 0 saturated carbocycles. The summed E-state index contributed by atoms with van der Waals surface area (Å²) in [7, 11) is 0. The van der Waals surface area contributed by atoms with Gasteiger partial charge in [-0.2, -0.15) is 0 Å². The lowest BCUT2D eigenvalue weighted by molar-refractivity contribution is -0.123. The van der Waals surface area contributed by atoms with Crippen LogP contribution in [0.5, 0.6) is 0 Å². The number of rotatable bonds is 5. The zero-order chi connectivity index (χ0) is 16.2. The molecule has 1 heterocycles. The Morgan fingerprint density at radius 1 is 1.21 bits per heavy atom. The van der Waals surface area contributed by atoms with Crippen LogP contribution in [0, 0.1) is 0 Å². The van der Waals surface area contributed by atoms with Crippen molar-refractivity contribution in [3.05, 3.63) is 34.7 Å². The lowest BCUT2D eigenvalue weighted by atomic mass is 10.1. The van der Waals surface area contributed by atoms with E-state index in [1.807, 2.05) is 5.38 Å². The Bertz CT molecular complexity index is 747. The highest BCUT2D eigenvalue weighted by Gasteiger charge is 2.13. The molecule has 0 bridgehead atoms. The van der Waals surface area contributed by atoms with E-state index in [0.717, 1.165) is 24.1 Å². The second-order valence-corrected chi connectivity index (χ2v) is 6.26. The van der Waals surface area contributed by atoms with Crippen LogP contribution in [0.3, 0.4) is 0 Å². The monoisotopic (exact) mass is 366 g/mol. The third-order valence-electron chi connectivity index (χ3n) is 3.78. The number of aryl methyl sites for hydroxylation is 2. The summed E-state index contributed by atoms with van der Waals surface area (Å²) >= 11 is 1.37. The smallest absolute Gasteiger partial charge is 0.245 e. The second-order valence-electron chi connectivity index (χ2n) is 5.40. The van der Waals surface area contributed by atoms with Gasteiger partial charge in [-0.3, -0.25) is 9.59 Å². The molecule has 1 aromatic carbocycles. The fourth-order valence-corrected chi connectivity index (χ4v) is 3.35. The van der Waals surface area contributed by atoms with Crippen LogP contribution in [-0.2, 0) is 22.4 Å². The van der Waals surface area contributed by atoms with Crippen LogP contribution in [0.15, 0.2) is 23.6 Å². The normalized spacial score (nSPS) is 12.2. The molecule has 1 aliphatic rings. The molecule has 0 aliphatic heterocycles. The number of anilines is 1. The predicted octanol–water partition coefficient (Wildman–Crippen LogP) is 1.73. The molecule has 1 aromatic heterocycles. The Balaban J connectivity index is 0.00000208. The van der Waals surface area contributed by atoms with Gasteiger partial charge in [0.1, 0.15) is 0 Å². The maximum absolute atomic E-state index is 11.7. The molecule has 0 unspecified atom stereocenters. The van der Waals surface area contributed by atoms with Gasteiger partial charge >= 0.3 is 0 Å². The van der Waals surface area contributed by atoms with Crippen LogP contribution in [0.1, 0.15) is 17.5 Å². The Labute approximate surface area is 150 Å². The number of carbonyl (C=O) groups is 2. The number of hydrogen-bond acceptors (Lipinski definition) is 5. The first-order valence-electron chi connectivity index (χ1n) is 7.50. The van der Waals surface area contributed by atoms with Gasteiger partial charge in [-0.05, 0) is 36.5 Å². The summed E-state index contributed by atoms with van der Waals surface area (Å²) in [6, 6.07) is 6.42. The average molecular weight is 367 g/mol. The molecular weight excluding hydrogens is 348 g/mol. The highest BCUT2D eigenvalue weighted by Crippen LogP contribution is 2.29. The number of thiazole rings is 1. The standard InChI is InChI=1S/C16H18N4O2S.ClH/c17-7-14(21)18-8-15(22)20-16-19-13(9-23-16)12-5-4-10-2-1-3-11(10)6-12;/h4-6,9H,1-3,7-8,17H2,(H,18,21)(H,19,20,22);1H. The second kappa shape index (κ2) is 8.23. The zero-order valence-corrected chi connectivity index (χ0v) is 14.6. The maximum atomic E-state index is 11.7. The number of fused-ring (bicyclic) bond motifs is 1. The summed E-state index contributed by atoms with van der Waals surface area (Å²) in [4.78, 5) is 27.2. The fraction of sp³-hybridized carbons (Fsp3) is 0.312. The van der Waals surface area contributed by atoms with E-state index in [1.165, 1.54) is 28.9 Å². The lowest BCUT2D eigenvalue weighted by Crippen LogP contribution is -2.36. The summed E-state index contributed by atoms with van der Waals surface area (Å²) in [5, 5.41) is 7.54. The number of benzene rings is 1. The van der Waals surface area contributed by atoms with E-state index in [0.29, 0.717) is 5.13 Å². The first-order valence-corrected chi connectivity index (χ1v) is 8.38. The summed E-state index contributed by atoms with van der Waals surface area (Å²) in [6.07, 6.45) is 3.49. The first kappa shape index (κ1) is 18.4. The minimum Gasteiger partial charge on any atom is -0.346 e. The molecule has 8 heteroatoms. The van der Waals surface area contributed by atoms with Crippen molar-refractivity contribution in [3.8, 4) is 11.3 Å². The third-order valence-corrected chi connectivity index (χ3v) is 4.53. The van der Waals surface area contributed by atoms with E-state index in [-0.39, 0.29) is 37.3 Å². The van der Waals surface area contributed by atoms with Gasteiger partial charge in [0, 0.05) is 10.9 Å². The molecule has 2 aromatic rings. The molecule has 6 nitrogen and oxygen atoms in total. The first-order chi connectivity index (χ1) is 11.2. The Hall–Kier alpha value is -1.96. The predicted molar refractivity (Wildman–Crippen MR) is 97.5 cm³/mol. The molecule has 0 spiro atoms. The molecule has 0 fully saturated rings. The van der Waals surface area contributed by atoms with E-state index in [9.17, 15) is 9.59 Å². The maximum Gasteiger partial charge on any atom is 0.245 e. The van der Waals surface area contributed by atoms with E-state index >= 15 is 0 Å². The van der Waals surface area contributed by atoms with Gasteiger partial charge < -0.3 is 16.4 Å². The Morgan fingerprint density at radius 3 is 2.79 bits per heavy atom. The quantitative estimate of drug-likeness (QED) is 0.750. The molecule has 128 valence electrons. The van der Waals surface area contributed by atoms with E-state index in [1.54, 1.807) is 0 Å². The number of carbonyl (C=O) groups excluding carboxylic acids is 2. The van der Waals surface area contributed by atoms with Crippen molar-refractivity contribution < 1.29 is 9.59 Å². The number of amides is 2. The number of nitrogens with one attached hydrogen (secondary N) is 2. The highest BCUT2D eigenvalue weighted by molar-refractivity contribution is 7.14. The van der Waals surface area contributed by atoms with Crippen molar-refractivity contribution >= 4 is 40.7 Å². The van der Waals surface area contributed by atoms with Crippen molar-refractivity contribution in [1.29, 1.82) is 0 Å². The lowest BCUT2D eigenvalue weighted by Gasteiger charge is -2.03. The van der Waals surface area contributed by atoms with Gasteiger partial charge in [0.25, 0.3) is 0 Å². The summed E-state index contributed by atoms with van der Waals surface area (Å²) in [6.45, 7) is -0.239. The molecule has 24 heavy (non-hydrogen) atoms. The van der Waals surface area contributed by atoms with Crippen LogP contribution >= 0.6 is 23.7 Å². The number of nitrogens with two attached hydrogens (primary N) is 1. The van der Waals surface area contributed by atoms with Gasteiger partial charge in [-0.25, -0.2) is 4.98 Å². The molecule has 0 radical (unpaired) electrons. The van der Waals surface area contributed by atoms with Crippen molar-refractivity contribution in [1.82, 2.24) is 10.3 Å². The molecule has 0 atom stereocenters. The van der Waals surface area contributed by atoms with Crippen LogP contribution in [0.2, 0.25) is 0 Å². The van der Waals surface area contributed by atoms with E-state index in [2.05, 4.69) is 33.8 Å². The summed E-state index contributed by atoms with van der Waals surface area (Å²) in [5.41, 5.74) is 9.90. The van der Waals surface area contributed by atoms with Crippen molar-refractivity contribution in [2.24, 2.45) is 5.73 Å². The highest BCUT2D eigenvalue weighted by atomic mass is 35.5. The Morgan fingerprint density at radius 2 is 2.00 bits per heavy atom. The SMILES string of the molecule is Cl.NCC(=O)NCC(=O)Nc1nc(-c2ccc3c(c2)CCC3)cs1. The van der Waals surface area contributed by atoms with Gasteiger partial charge in [0.15, 0.2) is 5.13 Å². The molecule has 3 rings (SSSR count). The minimum absolute atomic E-state index is 0. The summed E-state index contributed by atoms with van der Waals surface area (Å²) < 4.78 is 0. The number of hydrogen-bond donors (Lipinski definition) is 3. The van der Waals surface area contributed by atoms with Gasteiger partial charge in [-0.15, -0.1) is 23.7 Å². The zero-order valence-electron chi connectivity index (χ0n) is 13.0.